The van der Waals surface area contributed by atoms with E-state index in [-0.39, 0.29) is 15.9 Å². The van der Waals surface area contributed by atoms with E-state index in [9.17, 15) is 13.5 Å². The smallest absolute Gasteiger partial charge is 0.282 e. The van der Waals surface area contributed by atoms with Gasteiger partial charge in [-0.15, -0.1) is 0 Å². The van der Waals surface area contributed by atoms with Crippen LogP contribution in [0.25, 0.3) is 0 Å². The number of aryl methyl sites for hydroxylation is 3. The van der Waals surface area contributed by atoms with E-state index >= 15 is 0 Å². The molecular formula is C12H14ClN3O3S. The number of aromatic nitrogens is 2. The van der Waals surface area contributed by atoms with Gasteiger partial charge in [0, 0.05) is 7.05 Å². The molecule has 1 heterocycles. The zero-order chi connectivity index (χ0) is 15.1. The number of nitrogens with zero attached hydrogens (tertiary/aromatic N) is 2. The van der Waals surface area contributed by atoms with E-state index < -0.39 is 10.0 Å². The molecule has 2 aromatic rings. The number of aromatic hydroxyl groups is 1. The maximum absolute atomic E-state index is 12.3. The number of hydrogen-bond acceptors (Lipinski definition) is 4. The molecule has 0 aliphatic carbocycles. The Kier molecular flexibility index (Phi) is 3.66. The van der Waals surface area contributed by atoms with E-state index in [4.69, 9.17) is 11.6 Å². The van der Waals surface area contributed by atoms with Gasteiger partial charge in [-0.05, 0) is 37.1 Å². The minimum absolute atomic E-state index is 0.0330. The van der Waals surface area contributed by atoms with Crippen molar-refractivity contribution in [1.29, 1.82) is 0 Å². The number of imidazole rings is 1. The third-order valence-electron chi connectivity index (χ3n) is 2.88. The van der Waals surface area contributed by atoms with Crippen LogP contribution in [0.5, 0.6) is 5.75 Å². The summed E-state index contributed by atoms with van der Waals surface area (Å²) < 4.78 is 28.3. The second-order valence-electron chi connectivity index (χ2n) is 4.51. The van der Waals surface area contributed by atoms with Gasteiger partial charge in [0.2, 0.25) is 5.03 Å². The molecule has 20 heavy (non-hydrogen) atoms. The van der Waals surface area contributed by atoms with E-state index in [0.717, 1.165) is 0 Å². The van der Waals surface area contributed by atoms with E-state index in [2.05, 4.69) is 9.71 Å². The fourth-order valence-corrected chi connectivity index (χ4v) is 3.23. The van der Waals surface area contributed by atoms with Gasteiger partial charge >= 0.3 is 0 Å². The van der Waals surface area contributed by atoms with Crippen LogP contribution in [0.1, 0.15) is 11.1 Å². The first kappa shape index (κ1) is 14.7. The predicted molar refractivity (Wildman–Crippen MR) is 76.6 cm³/mol. The van der Waals surface area contributed by atoms with Crippen LogP contribution in [0.2, 0.25) is 5.15 Å². The molecule has 0 spiro atoms. The van der Waals surface area contributed by atoms with Gasteiger partial charge in [0.1, 0.15) is 10.9 Å². The maximum Gasteiger partial charge on any atom is 0.282 e. The monoisotopic (exact) mass is 315 g/mol. The molecule has 1 aromatic heterocycles. The quantitative estimate of drug-likeness (QED) is 0.850. The first-order chi connectivity index (χ1) is 9.22. The Morgan fingerprint density at radius 3 is 2.50 bits per heavy atom. The minimum atomic E-state index is -3.87. The molecule has 0 saturated carbocycles. The first-order valence-electron chi connectivity index (χ1n) is 5.72. The number of sulfonamides is 1. The van der Waals surface area contributed by atoms with E-state index in [1.807, 2.05) is 0 Å². The van der Waals surface area contributed by atoms with Crippen LogP contribution in [0.3, 0.4) is 0 Å². The molecule has 2 N–H and O–H groups in total. The van der Waals surface area contributed by atoms with Gasteiger partial charge in [0.15, 0.2) is 0 Å². The fraction of sp³-hybridized carbons (Fsp3) is 0.250. The van der Waals surface area contributed by atoms with Crippen molar-refractivity contribution in [3.8, 4) is 5.75 Å². The summed E-state index contributed by atoms with van der Waals surface area (Å²) in [5.74, 6) is 0.112. The highest BCUT2D eigenvalue weighted by Crippen LogP contribution is 2.28. The highest BCUT2D eigenvalue weighted by atomic mass is 35.5. The van der Waals surface area contributed by atoms with Crippen molar-refractivity contribution < 1.29 is 13.5 Å². The van der Waals surface area contributed by atoms with Crippen LogP contribution >= 0.6 is 11.6 Å². The first-order valence-corrected chi connectivity index (χ1v) is 7.58. The molecule has 0 saturated heterocycles. The van der Waals surface area contributed by atoms with Crippen LogP contribution in [0.4, 0.5) is 5.69 Å². The minimum Gasteiger partial charge on any atom is -0.508 e. The van der Waals surface area contributed by atoms with Gasteiger partial charge in [-0.2, -0.15) is 8.42 Å². The Labute approximate surface area is 122 Å². The van der Waals surface area contributed by atoms with Crippen molar-refractivity contribution in [3.05, 3.63) is 34.7 Å². The predicted octanol–water partition coefficient (Wildman–Crippen LogP) is 2.20. The lowest BCUT2D eigenvalue weighted by Crippen LogP contribution is -2.15. The molecule has 0 atom stereocenters. The molecule has 108 valence electrons. The average Bonchev–Trinajstić information content (AvgIpc) is 2.67. The van der Waals surface area contributed by atoms with Gasteiger partial charge < -0.3 is 9.67 Å². The zero-order valence-electron chi connectivity index (χ0n) is 11.2. The average molecular weight is 316 g/mol. The van der Waals surface area contributed by atoms with Gasteiger partial charge in [-0.3, -0.25) is 4.72 Å². The summed E-state index contributed by atoms with van der Waals surface area (Å²) in [4.78, 5) is 3.78. The molecule has 0 radical (unpaired) electrons. The van der Waals surface area contributed by atoms with Crippen LogP contribution in [0, 0.1) is 13.8 Å². The van der Waals surface area contributed by atoms with Crippen molar-refractivity contribution in [2.75, 3.05) is 4.72 Å². The Morgan fingerprint density at radius 2 is 1.95 bits per heavy atom. The second kappa shape index (κ2) is 4.99. The number of halogens is 1. The largest absolute Gasteiger partial charge is 0.508 e. The van der Waals surface area contributed by atoms with Gasteiger partial charge in [-0.25, -0.2) is 4.98 Å². The molecule has 0 amide bonds. The summed E-state index contributed by atoms with van der Waals surface area (Å²) in [5.41, 5.74) is 1.55. The van der Waals surface area contributed by atoms with Crippen LogP contribution < -0.4 is 4.72 Å². The van der Waals surface area contributed by atoms with Crippen LogP contribution in [-0.4, -0.2) is 23.1 Å². The summed E-state index contributed by atoms with van der Waals surface area (Å²) >= 11 is 5.90. The van der Waals surface area contributed by atoms with Gasteiger partial charge in [-0.1, -0.05) is 11.6 Å². The van der Waals surface area contributed by atoms with E-state index in [1.54, 1.807) is 27.0 Å². The maximum atomic E-state index is 12.3. The number of phenolic OH excluding ortho intramolecular Hbond substituents is 1. The summed E-state index contributed by atoms with van der Waals surface area (Å²) in [6.45, 7) is 3.37. The molecule has 0 aliphatic heterocycles. The van der Waals surface area contributed by atoms with Crippen LogP contribution in [0.15, 0.2) is 23.5 Å². The number of phenols is 1. The number of nitrogens with one attached hydrogen (secondary N) is 1. The number of hydrogen-bond donors (Lipinski definition) is 2. The highest BCUT2D eigenvalue weighted by molar-refractivity contribution is 7.92. The Balaban J connectivity index is 2.44. The fourth-order valence-electron chi connectivity index (χ4n) is 1.68. The number of anilines is 1. The molecule has 0 fully saturated rings. The number of rotatable bonds is 3. The molecule has 0 bridgehead atoms. The topological polar surface area (TPSA) is 84.2 Å². The molecule has 1 aromatic carbocycles. The molecule has 2 rings (SSSR count). The van der Waals surface area contributed by atoms with Crippen molar-refractivity contribution in [2.45, 2.75) is 18.9 Å². The van der Waals surface area contributed by atoms with Crippen molar-refractivity contribution in [3.63, 3.8) is 0 Å². The molecule has 8 heteroatoms. The molecular weight excluding hydrogens is 302 g/mol. The van der Waals surface area contributed by atoms with Crippen LogP contribution in [-0.2, 0) is 17.1 Å². The van der Waals surface area contributed by atoms with Crippen molar-refractivity contribution in [1.82, 2.24) is 9.55 Å². The highest BCUT2D eigenvalue weighted by Gasteiger charge is 2.23. The van der Waals surface area contributed by atoms with E-state index in [1.165, 1.54) is 17.0 Å². The summed E-state index contributed by atoms with van der Waals surface area (Å²) in [5, 5.41) is 9.38. The van der Waals surface area contributed by atoms with Crippen molar-refractivity contribution in [2.24, 2.45) is 7.05 Å². The third-order valence-corrected chi connectivity index (χ3v) is 4.73. The normalized spacial score (nSPS) is 11.6. The third kappa shape index (κ3) is 2.59. The second-order valence-corrected chi connectivity index (χ2v) is 6.47. The lowest BCUT2D eigenvalue weighted by atomic mass is 10.1. The van der Waals surface area contributed by atoms with Gasteiger partial charge in [0.05, 0.1) is 12.0 Å². The lowest BCUT2D eigenvalue weighted by molar-refractivity contribution is 0.471. The summed E-state index contributed by atoms with van der Waals surface area (Å²) in [7, 11) is -2.27. The number of benzene rings is 1. The summed E-state index contributed by atoms with van der Waals surface area (Å²) in [6, 6.07) is 3.05. The molecule has 0 unspecified atom stereocenters. The van der Waals surface area contributed by atoms with E-state index in [0.29, 0.717) is 16.8 Å². The zero-order valence-corrected chi connectivity index (χ0v) is 12.7. The summed E-state index contributed by atoms with van der Waals surface area (Å²) in [6.07, 6.45) is 1.33. The standard InChI is InChI=1S/C12H14ClN3O3S/c1-7-5-10(17)8(2)4-9(7)15-20(18,19)12-11(13)16(3)6-14-12/h4-6,15,17H,1-3H3. The molecule has 0 aliphatic rings. The lowest BCUT2D eigenvalue weighted by Gasteiger charge is -2.11. The SMILES string of the molecule is Cc1cc(NS(=O)(=O)c2ncn(C)c2Cl)c(C)cc1O. The Bertz CT molecular complexity index is 768. The Hall–Kier alpha value is -1.73. The van der Waals surface area contributed by atoms with Crippen molar-refractivity contribution >= 4 is 27.3 Å². The van der Waals surface area contributed by atoms with Gasteiger partial charge in [0.25, 0.3) is 10.0 Å². The Morgan fingerprint density at radius 1 is 1.30 bits per heavy atom. The molecule has 6 nitrogen and oxygen atoms in total.